The first kappa shape index (κ1) is 14.6. The Balaban J connectivity index is 2.51. The molecule has 3 N–H and O–H groups in total. The fraction of sp³-hybridized carbons (Fsp3) is 0.286. The second kappa shape index (κ2) is 5.64. The molecular weight excluding hydrogens is 276 g/mol. The third-order valence-electron chi connectivity index (χ3n) is 3.13. The van der Waals surface area contributed by atoms with Crippen LogP contribution in [0.1, 0.15) is 18.9 Å². The molecule has 1 aromatic heterocycles. The number of hydrogen-bond acceptors (Lipinski definition) is 5. The van der Waals surface area contributed by atoms with Crippen LogP contribution in [0.2, 0.25) is 5.15 Å². The number of nitrogens with two attached hydrogens (primary N) is 1. The van der Waals surface area contributed by atoms with Crippen molar-refractivity contribution in [2.45, 2.75) is 25.5 Å². The van der Waals surface area contributed by atoms with E-state index < -0.39 is 6.10 Å². The molecule has 6 heteroatoms. The van der Waals surface area contributed by atoms with Gasteiger partial charge in [0.05, 0.1) is 17.7 Å². The van der Waals surface area contributed by atoms with Gasteiger partial charge in [0.25, 0.3) is 0 Å². The van der Waals surface area contributed by atoms with Crippen molar-refractivity contribution >= 4 is 28.9 Å². The van der Waals surface area contributed by atoms with Crippen LogP contribution in [0, 0.1) is 0 Å². The fourth-order valence-electron chi connectivity index (χ4n) is 2.24. The van der Waals surface area contributed by atoms with E-state index in [9.17, 15) is 5.11 Å². The summed E-state index contributed by atoms with van der Waals surface area (Å²) >= 11 is 6.15. The van der Waals surface area contributed by atoms with E-state index >= 15 is 0 Å². The van der Waals surface area contributed by atoms with Crippen molar-refractivity contribution in [1.82, 2.24) is 9.97 Å². The smallest absolute Gasteiger partial charge is 0.223 e. The van der Waals surface area contributed by atoms with Crippen molar-refractivity contribution < 1.29 is 5.11 Å². The van der Waals surface area contributed by atoms with Crippen molar-refractivity contribution in [2.75, 3.05) is 10.6 Å². The van der Waals surface area contributed by atoms with Gasteiger partial charge in [-0.1, -0.05) is 36.9 Å². The molecule has 2 unspecified atom stereocenters. The van der Waals surface area contributed by atoms with Gasteiger partial charge >= 0.3 is 0 Å². The lowest BCUT2D eigenvalue weighted by Crippen LogP contribution is -2.30. The molecule has 0 bridgehead atoms. The summed E-state index contributed by atoms with van der Waals surface area (Å²) in [6.45, 7) is 9.53. The van der Waals surface area contributed by atoms with Gasteiger partial charge in [0, 0.05) is 6.42 Å². The SMILES string of the molecule is C=CN(c1nc(N)nc(Cl)c1C(=C)C)C1C=CC(O)C1. The number of nitrogens with zero attached hydrogens (tertiary/aromatic N) is 3. The van der Waals surface area contributed by atoms with Gasteiger partial charge in [-0.25, -0.2) is 4.98 Å². The van der Waals surface area contributed by atoms with E-state index in [1.807, 2.05) is 17.9 Å². The summed E-state index contributed by atoms with van der Waals surface area (Å²) in [7, 11) is 0. The number of aromatic nitrogens is 2. The van der Waals surface area contributed by atoms with Gasteiger partial charge in [0.1, 0.15) is 11.0 Å². The van der Waals surface area contributed by atoms with E-state index in [2.05, 4.69) is 23.1 Å². The van der Waals surface area contributed by atoms with E-state index in [0.717, 1.165) is 5.57 Å². The minimum atomic E-state index is -0.467. The van der Waals surface area contributed by atoms with Gasteiger partial charge in [0.2, 0.25) is 5.95 Å². The summed E-state index contributed by atoms with van der Waals surface area (Å²) in [6, 6.07) is -0.0500. The van der Waals surface area contributed by atoms with Crippen molar-refractivity contribution in [3.63, 3.8) is 0 Å². The van der Waals surface area contributed by atoms with Crippen molar-refractivity contribution in [2.24, 2.45) is 0 Å². The Morgan fingerprint density at radius 3 is 2.75 bits per heavy atom. The predicted molar refractivity (Wildman–Crippen MR) is 82.4 cm³/mol. The second-order valence-electron chi connectivity index (χ2n) is 4.70. The van der Waals surface area contributed by atoms with E-state index in [4.69, 9.17) is 17.3 Å². The maximum atomic E-state index is 9.63. The third-order valence-corrected chi connectivity index (χ3v) is 3.40. The zero-order valence-electron chi connectivity index (χ0n) is 11.3. The lowest BCUT2D eigenvalue weighted by Gasteiger charge is -2.27. The Morgan fingerprint density at radius 2 is 2.25 bits per heavy atom. The van der Waals surface area contributed by atoms with Gasteiger partial charge in [0.15, 0.2) is 0 Å². The number of anilines is 2. The molecule has 2 rings (SSSR count). The highest BCUT2D eigenvalue weighted by atomic mass is 35.5. The van der Waals surface area contributed by atoms with Crippen LogP contribution in [0.25, 0.3) is 5.57 Å². The Morgan fingerprint density at radius 1 is 1.55 bits per heavy atom. The topological polar surface area (TPSA) is 75.3 Å². The predicted octanol–water partition coefficient (Wildman–Crippen LogP) is 2.38. The molecule has 1 aliphatic rings. The summed E-state index contributed by atoms with van der Waals surface area (Å²) in [5, 5.41) is 9.89. The fourth-order valence-corrected chi connectivity index (χ4v) is 2.57. The molecule has 1 aliphatic carbocycles. The minimum Gasteiger partial charge on any atom is -0.389 e. The second-order valence-corrected chi connectivity index (χ2v) is 5.05. The van der Waals surface area contributed by atoms with Gasteiger partial charge < -0.3 is 15.7 Å². The number of rotatable bonds is 4. The van der Waals surface area contributed by atoms with Crippen LogP contribution < -0.4 is 10.6 Å². The third kappa shape index (κ3) is 2.69. The van der Waals surface area contributed by atoms with E-state index in [1.165, 1.54) is 0 Å². The number of hydrogen-bond donors (Lipinski definition) is 2. The van der Waals surface area contributed by atoms with Crippen LogP contribution in [0.3, 0.4) is 0 Å². The number of halogens is 1. The molecular formula is C14H17ClN4O. The average Bonchev–Trinajstić information content (AvgIpc) is 2.75. The van der Waals surface area contributed by atoms with E-state index in [-0.39, 0.29) is 17.1 Å². The highest BCUT2D eigenvalue weighted by molar-refractivity contribution is 6.31. The molecule has 0 radical (unpaired) electrons. The molecule has 5 nitrogen and oxygen atoms in total. The van der Waals surface area contributed by atoms with Gasteiger partial charge in [-0.05, 0) is 18.7 Å². The molecule has 0 spiro atoms. The van der Waals surface area contributed by atoms with Crippen molar-refractivity contribution in [1.29, 1.82) is 0 Å². The summed E-state index contributed by atoms with van der Waals surface area (Å²) in [4.78, 5) is 10.0. The Bertz CT molecular complexity index is 585. The molecule has 0 saturated heterocycles. The van der Waals surface area contributed by atoms with Crippen LogP contribution in [0.4, 0.5) is 11.8 Å². The summed E-state index contributed by atoms with van der Waals surface area (Å²) in [6.07, 6.45) is 5.38. The molecule has 20 heavy (non-hydrogen) atoms. The summed E-state index contributed by atoms with van der Waals surface area (Å²) < 4.78 is 0. The average molecular weight is 293 g/mol. The number of allylic oxidation sites excluding steroid dienone is 1. The first-order chi connectivity index (χ1) is 9.43. The Hall–Kier alpha value is -1.85. The molecule has 106 valence electrons. The maximum Gasteiger partial charge on any atom is 0.223 e. The van der Waals surface area contributed by atoms with Crippen LogP contribution in [-0.2, 0) is 0 Å². The molecule has 1 aromatic rings. The summed E-state index contributed by atoms with van der Waals surface area (Å²) in [5.41, 5.74) is 7.05. The van der Waals surface area contributed by atoms with Gasteiger partial charge in [-0.2, -0.15) is 4.98 Å². The monoisotopic (exact) mass is 292 g/mol. The quantitative estimate of drug-likeness (QED) is 0.658. The Kier molecular flexibility index (Phi) is 4.11. The van der Waals surface area contributed by atoms with E-state index in [0.29, 0.717) is 17.8 Å². The van der Waals surface area contributed by atoms with Crippen LogP contribution in [0.15, 0.2) is 31.5 Å². The number of aliphatic hydroxyl groups is 1. The number of aliphatic hydroxyl groups excluding tert-OH is 1. The molecule has 0 aliphatic heterocycles. The summed E-state index contributed by atoms with van der Waals surface area (Å²) in [5.74, 6) is 0.637. The lowest BCUT2D eigenvalue weighted by molar-refractivity contribution is 0.218. The first-order valence-electron chi connectivity index (χ1n) is 6.20. The first-order valence-corrected chi connectivity index (χ1v) is 6.58. The van der Waals surface area contributed by atoms with Gasteiger partial charge in [-0.3, -0.25) is 0 Å². The normalized spacial score (nSPS) is 20.9. The highest BCUT2D eigenvalue weighted by Crippen LogP contribution is 2.33. The lowest BCUT2D eigenvalue weighted by atomic mass is 10.1. The van der Waals surface area contributed by atoms with Crippen LogP contribution in [0.5, 0.6) is 0 Å². The molecule has 0 saturated carbocycles. The molecule has 0 aromatic carbocycles. The van der Waals surface area contributed by atoms with Crippen molar-refractivity contribution in [3.05, 3.63) is 42.2 Å². The molecule has 0 fully saturated rings. The van der Waals surface area contributed by atoms with Gasteiger partial charge in [-0.15, -0.1) is 0 Å². The standard InChI is InChI=1S/C14H17ClN4O/c1-4-19(9-5-6-10(20)7-9)13-11(8(2)3)12(15)17-14(16)18-13/h4-6,9-10,20H,1-2,7H2,3H3,(H2,16,17,18). The molecule has 1 heterocycles. The zero-order chi connectivity index (χ0) is 14.9. The molecule has 0 amide bonds. The largest absolute Gasteiger partial charge is 0.389 e. The minimum absolute atomic E-state index is 0.0500. The maximum absolute atomic E-state index is 9.63. The number of nitrogen functional groups attached to an aromatic ring is 1. The van der Waals surface area contributed by atoms with Crippen LogP contribution in [-0.4, -0.2) is 27.2 Å². The zero-order valence-corrected chi connectivity index (χ0v) is 12.0. The van der Waals surface area contributed by atoms with Crippen LogP contribution >= 0.6 is 11.6 Å². The Labute approximate surface area is 123 Å². The highest BCUT2D eigenvalue weighted by Gasteiger charge is 2.26. The van der Waals surface area contributed by atoms with Crippen molar-refractivity contribution in [3.8, 4) is 0 Å². The molecule has 2 atom stereocenters. The van der Waals surface area contributed by atoms with E-state index in [1.54, 1.807) is 12.3 Å².